The third kappa shape index (κ3) is 4.73. The maximum absolute atomic E-state index is 5.22. The van der Waals surface area contributed by atoms with Gasteiger partial charge in [-0.3, -0.25) is 0 Å². The standard InChI is InChI=1S/C12H20NO2.ClH/c1-13(2,3)9-10-6-11(14-4)8-12(7-10)15-5;/h6-8H,9H2,1-5H3;1H/q+1;/p-1. The Morgan fingerprint density at radius 3 is 1.69 bits per heavy atom. The third-order valence-electron chi connectivity index (χ3n) is 2.07. The average Bonchev–Trinajstić information content (AvgIpc) is 2.14. The number of benzene rings is 1. The minimum Gasteiger partial charge on any atom is -1.00 e. The van der Waals surface area contributed by atoms with Gasteiger partial charge in [0.25, 0.3) is 0 Å². The topological polar surface area (TPSA) is 18.5 Å². The number of halogens is 1. The van der Waals surface area contributed by atoms with Gasteiger partial charge in [-0.2, -0.15) is 0 Å². The molecule has 0 saturated heterocycles. The van der Waals surface area contributed by atoms with Crippen molar-refractivity contribution in [1.29, 1.82) is 0 Å². The number of hydrogen-bond donors (Lipinski definition) is 0. The fourth-order valence-electron chi connectivity index (χ4n) is 1.51. The molecule has 0 heterocycles. The van der Waals surface area contributed by atoms with Crippen molar-refractivity contribution in [3.63, 3.8) is 0 Å². The van der Waals surface area contributed by atoms with Crippen molar-refractivity contribution < 1.29 is 26.4 Å². The van der Waals surface area contributed by atoms with Crippen LogP contribution in [0.5, 0.6) is 11.5 Å². The SMILES string of the molecule is COc1cc(C[N+](C)(C)C)cc(OC)c1.[Cl-]. The zero-order valence-electron chi connectivity index (χ0n) is 10.6. The minimum atomic E-state index is 0. The smallest absolute Gasteiger partial charge is 0.123 e. The van der Waals surface area contributed by atoms with Gasteiger partial charge in [0.2, 0.25) is 0 Å². The van der Waals surface area contributed by atoms with Gasteiger partial charge in [0.1, 0.15) is 18.0 Å². The summed E-state index contributed by atoms with van der Waals surface area (Å²) in [4.78, 5) is 0. The number of hydrogen-bond acceptors (Lipinski definition) is 2. The largest absolute Gasteiger partial charge is 1.00 e. The molecule has 1 aromatic rings. The van der Waals surface area contributed by atoms with E-state index in [4.69, 9.17) is 9.47 Å². The van der Waals surface area contributed by atoms with E-state index in [-0.39, 0.29) is 12.4 Å². The first-order chi connectivity index (χ1) is 6.94. The first-order valence-electron chi connectivity index (χ1n) is 4.97. The molecule has 0 spiro atoms. The highest BCUT2D eigenvalue weighted by Gasteiger charge is 2.10. The fraction of sp³-hybridized carbons (Fsp3) is 0.500. The molecule has 0 aliphatic carbocycles. The van der Waals surface area contributed by atoms with Crippen LogP contribution in [-0.4, -0.2) is 39.8 Å². The predicted molar refractivity (Wildman–Crippen MR) is 61.3 cm³/mol. The van der Waals surface area contributed by atoms with E-state index in [0.29, 0.717) is 0 Å². The second-order valence-electron chi connectivity index (χ2n) is 4.67. The van der Waals surface area contributed by atoms with E-state index in [2.05, 4.69) is 21.1 Å². The Balaban J connectivity index is 0.00000225. The molecule has 3 nitrogen and oxygen atoms in total. The number of quaternary nitrogens is 1. The molecule has 1 aromatic carbocycles. The first-order valence-corrected chi connectivity index (χ1v) is 4.97. The Hall–Kier alpha value is -0.930. The molecular weight excluding hydrogens is 226 g/mol. The highest BCUT2D eigenvalue weighted by atomic mass is 35.5. The summed E-state index contributed by atoms with van der Waals surface area (Å²) in [6, 6.07) is 5.98. The highest BCUT2D eigenvalue weighted by molar-refractivity contribution is 5.38. The van der Waals surface area contributed by atoms with Crippen molar-refractivity contribution in [2.75, 3.05) is 35.4 Å². The number of methoxy groups -OCH3 is 2. The van der Waals surface area contributed by atoms with E-state index in [1.807, 2.05) is 18.2 Å². The Morgan fingerprint density at radius 1 is 0.938 bits per heavy atom. The molecule has 0 atom stereocenters. The first kappa shape index (κ1) is 15.1. The molecule has 0 radical (unpaired) electrons. The van der Waals surface area contributed by atoms with Crippen LogP contribution in [0.3, 0.4) is 0 Å². The lowest BCUT2D eigenvalue weighted by molar-refractivity contribution is -0.884. The molecule has 4 heteroatoms. The zero-order chi connectivity index (χ0) is 11.5. The lowest BCUT2D eigenvalue weighted by Crippen LogP contribution is -3.00. The van der Waals surface area contributed by atoms with Crippen LogP contribution in [0.15, 0.2) is 18.2 Å². The monoisotopic (exact) mass is 245 g/mol. The van der Waals surface area contributed by atoms with Crippen LogP contribution in [-0.2, 0) is 6.54 Å². The van der Waals surface area contributed by atoms with Crippen LogP contribution < -0.4 is 21.9 Å². The average molecular weight is 246 g/mol. The maximum atomic E-state index is 5.22. The van der Waals surface area contributed by atoms with Gasteiger partial charge >= 0.3 is 0 Å². The summed E-state index contributed by atoms with van der Waals surface area (Å²) in [6.45, 7) is 0.952. The molecule has 0 aromatic heterocycles. The van der Waals surface area contributed by atoms with E-state index < -0.39 is 0 Å². The van der Waals surface area contributed by atoms with E-state index in [9.17, 15) is 0 Å². The second kappa shape index (κ2) is 5.97. The second-order valence-corrected chi connectivity index (χ2v) is 4.67. The molecule has 0 fully saturated rings. The number of rotatable bonds is 4. The molecule has 0 saturated carbocycles. The normalized spacial score (nSPS) is 10.6. The van der Waals surface area contributed by atoms with Crippen molar-refractivity contribution in [1.82, 2.24) is 0 Å². The number of ether oxygens (including phenoxy) is 2. The van der Waals surface area contributed by atoms with Crippen molar-refractivity contribution in [3.05, 3.63) is 23.8 Å². The zero-order valence-corrected chi connectivity index (χ0v) is 11.3. The van der Waals surface area contributed by atoms with Gasteiger partial charge in [-0.25, -0.2) is 0 Å². The molecule has 16 heavy (non-hydrogen) atoms. The summed E-state index contributed by atoms with van der Waals surface area (Å²) >= 11 is 0. The summed E-state index contributed by atoms with van der Waals surface area (Å²) in [6.07, 6.45) is 0. The van der Waals surface area contributed by atoms with Gasteiger partial charge in [-0.15, -0.1) is 0 Å². The van der Waals surface area contributed by atoms with Crippen LogP contribution in [0, 0.1) is 0 Å². The van der Waals surface area contributed by atoms with Crippen molar-refractivity contribution >= 4 is 0 Å². The fourth-order valence-corrected chi connectivity index (χ4v) is 1.51. The summed E-state index contributed by atoms with van der Waals surface area (Å²) in [7, 11) is 9.82. The van der Waals surface area contributed by atoms with Gasteiger partial charge in [0.15, 0.2) is 0 Å². The van der Waals surface area contributed by atoms with E-state index >= 15 is 0 Å². The molecule has 0 aliphatic rings. The molecule has 1 rings (SSSR count). The van der Waals surface area contributed by atoms with Gasteiger partial charge in [0.05, 0.1) is 35.4 Å². The third-order valence-corrected chi connectivity index (χ3v) is 2.07. The van der Waals surface area contributed by atoms with Gasteiger partial charge in [0, 0.05) is 11.6 Å². The van der Waals surface area contributed by atoms with Crippen LogP contribution in [0.2, 0.25) is 0 Å². The Labute approximate surface area is 104 Å². The molecule has 0 N–H and O–H groups in total. The van der Waals surface area contributed by atoms with Crippen molar-refractivity contribution in [2.24, 2.45) is 0 Å². The van der Waals surface area contributed by atoms with Crippen LogP contribution >= 0.6 is 0 Å². The lowest BCUT2D eigenvalue weighted by Gasteiger charge is -2.24. The summed E-state index contributed by atoms with van der Waals surface area (Å²) in [5.74, 6) is 1.69. The van der Waals surface area contributed by atoms with Crippen LogP contribution in [0.4, 0.5) is 0 Å². The van der Waals surface area contributed by atoms with Gasteiger partial charge < -0.3 is 26.4 Å². The summed E-state index contributed by atoms with van der Waals surface area (Å²) in [5, 5.41) is 0. The Morgan fingerprint density at radius 2 is 1.38 bits per heavy atom. The van der Waals surface area contributed by atoms with Crippen molar-refractivity contribution in [3.8, 4) is 11.5 Å². The predicted octanol–water partition coefficient (Wildman–Crippen LogP) is -1.09. The molecule has 92 valence electrons. The van der Waals surface area contributed by atoms with E-state index in [1.165, 1.54) is 5.56 Å². The molecule has 0 bridgehead atoms. The van der Waals surface area contributed by atoms with Gasteiger partial charge in [-0.1, -0.05) is 0 Å². The van der Waals surface area contributed by atoms with Gasteiger partial charge in [-0.05, 0) is 12.1 Å². The molecule has 0 unspecified atom stereocenters. The lowest BCUT2D eigenvalue weighted by atomic mass is 10.2. The summed E-state index contributed by atoms with van der Waals surface area (Å²) < 4.78 is 11.3. The van der Waals surface area contributed by atoms with Crippen LogP contribution in [0.25, 0.3) is 0 Å². The summed E-state index contributed by atoms with van der Waals surface area (Å²) in [5.41, 5.74) is 1.22. The molecule has 0 amide bonds. The maximum Gasteiger partial charge on any atom is 0.123 e. The number of nitrogens with zero attached hydrogens (tertiary/aromatic N) is 1. The van der Waals surface area contributed by atoms with E-state index in [0.717, 1.165) is 22.5 Å². The minimum absolute atomic E-state index is 0. The van der Waals surface area contributed by atoms with E-state index in [1.54, 1.807) is 14.2 Å². The Bertz CT molecular complexity index is 312. The molecule has 0 aliphatic heterocycles. The Kier molecular flexibility index (Phi) is 5.62. The molecular formula is C12H20ClNO2. The highest BCUT2D eigenvalue weighted by Crippen LogP contribution is 2.23. The quantitative estimate of drug-likeness (QED) is 0.628. The van der Waals surface area contributed by atoms with Crippen LogP contribution in [0.1, 0.15) is 5.56 Å². The van der Waals surface area contributed by atoms with Crippen molar-refractivity contribution in [2.45, 2.75) is 6.54 Å².